The van der Waals surface area contributed by atoms with Crippen molar-refractivity contribution in [3.8, 4) is 0 Å². The van der Waals surface area contributed by atoms with Crippen molar-refractivity contribution in [1.29, 1.82) is 0 Å². The standard InChI is InChI=1S/C22H37N5O2S/c1-3-21-25-18(16-30-21)14-26-8-6-17(7-9-26)13-24-22(23-2)27-10-12-29-20(15-27)19-5-4-11-28-19/h16-17,19-20H,3-15H2,1-2H3,(H,23,24). The van der Waals surface area contributed by atoms with Crippen LogP contribution < -0.4 is 5.32 Å². The maximum Gasteiger partial charge on any atom is 0.193 e. The number of morpholine rings is 1. The van der Waals surface area contributed by atoms with E-state index in [-0.39, 0.29) is 12.2 Å². The molecule has 4 heterocycles. The van der Waals surface area contributed by atoms with E-state index in [1.54, 1.807) is 11.3 Å². The lowest BCUT2D eigenvalue weighted by Crippen LogP contribution is -2.54. The molecule has 3 saturated heterocycles. The smallest absolute Gasteiger partial charge is 0.193 e. The van der Waals surface area contributed by atoms with Crippen LogP contribution in [-0.4, -0.2) is 85.9 Å². The minimum absolute atomic E-state index is 0.168. The lowest BCUT2D eigenvalue weighted by molar-refractivity contribution is -0.0817. The zero-order valence-electron chi connectivity index (χ0n) is 18.5. The number of aliphatic imine (C=N–C) groups is 1. The van der Waals surface area contributed by atoms with E-state index in [1.807, 2.05) is 7.05 Å². The van der Waals surface area contributed by atoms with Crippen LogP contribution in [0.25, 0.3) is 0 Å². The highest BCUT2D eigenvalue weighted by molar-refractivity contribution is 7.09. The predicted molar refractivity (Wildman–Crippen MR) is 121 cm³/mol. The summed E-state index contributed by atoms with van der Waals surface area (Å²) in [5.41, 5.74) is 1.24. The molecule has 1 N–H and O–H groups in total. The Morgan fingerprint density at radius 3 is 2.73 bits per heavy atom. The summed E-state index contributed by atoms with van der Waals surface area (Å²) in [5.74, 6) is 1.72. The first kappa shape index (κ1) is 22.0. The zero-order chi connectivity index (χ0) is 20.8. The lowest BCUT2D eigenvalue weighted by atomic mass is 9.97. The van der Waals surface area contributed by atoms with Crippen LogP contribution in [0, 0.1) is 5.92 Å². The minimum atomic E-state index is 0.168. The van der Waals surface area contributed by atoms with E-state index in [0.717, 1.165) is 77.7 Å². The number of ether oxygens (including phenoxy) is 2. The molecule has 1 aromatic heterocycles. The fraction of sp³-hybridized carbons (Fsp3) is 0.818. The summed E-state index contributed by atoms with van der Waals surface area (Å²) < 4.78 is 11.8. The number of piperidine rings is 1. The van der Waals surface area contributed by atoms with Gasteiger partial charge in [-0.25, -0.2) is 4.98 Å². The molecule has 1 aromatic rings. The van der Waals surface area contributed by atoms with Crippen LogP contribution >= 0.6 is 11.3 Å². The number of aryl methyl sites for hydroxylation is 1. The maximum absolute atomic E-state index is 5.99. The first-order valence-corrected chi connectivity index (χ1v) is 12.5. The molecule has 3 fully saturated rings. The van der Waals surface area contributed by atoms with Crippen molar-refractivity contribution in [3.63, 3.8) is 0 Å². The van der Waals surface area contributed by atoms with Crippen molar-refractivity contribution in [2.45, 2.75) is 57.8 Å². The molecule has 2 unspecified atom stereocenters. The summed E-state index contributed by atoms with van der Waals surface area (Å²) in [7, 11) is 1.89. The molecule has 0 aliphatic carbocycles. The summed E-state index contributed by atoms with van der Waals surface area (Å²) in [4.78, 5) is 14.2. The second kappa shape index (κ2) is 10.9. The van der Waals surface area contributed by atoms with Crippen molar-refractivity contribution < 1.29 is 9.47 Å². The van der Waals surface area contributed by atoms with Gasteiger partial charge in [0.2, 0.25) is 0 Å². The highest BCUT2D eigenvalue weighted by atomic mass is 32.1. The van der Waals surface area contributed by atoms with Gasteiger partial charge < -0.3 is 19.7 Å². The van der Waals surface area contributed by atoms with Gasteiger partial charge in [0.05, 0.1) is 23.4 Å². The Labute approximate surface area is 184 Å². The van der Waals surface area contributed by atoms with Crippen molar-refractivity contribution in [3.05, 3.63) is 16.1 Å². The highest BCUT2D eigenvalue weighted by Gasteiger charge is 2.32. The number of hydrogen-bond donors (Lipinski definition) is 1. The van der Waals surface area contributed by atoms with E-state index in [2.05, 4.69) is 32.4 Å². The summed E-state index contributed by atoms with van der Waals surface area (Å²) in [6, 6.07) is 0. The average molecular weight is 436 g/mol. The summed E-state index contributed by atoms with van der Waals surface area (Å²) in [6.45, 7) is 9.87. The van der Waals surface area contributed by atoms with Gasteiger partial charge in [-0.15, -0.1) is 11.3 Å². The Bertz CT molecular complexity index is 683. The monoisotopic (exact) mass is 435 g/mol. The number of guanidine groups is 1. The van der Waals surface area contributed by atoms with Gasteiger partial charge in [0, 0.05) is 45.2 Å². The van der Waals surface area contributed by atoms with Crippen LogP contribution in [0.5, 0.6) is 0 Å². The second-order valence-electron chi connectivity index (χ2n) is 8.64. The molecule has 0 aromatic carbocycles. The normalized spacial score (nSPS) is 27.0. The Kier molecular flexibility index (Phi) is 7.98. The molecule has 3 aliphatic rings. The van der Waals surface area contributed by atoms with Gasteiger partial charge >= 0.3 is 0 Å². The van der Waals surface area contributed by atoms with E-state index in [0.29, 0.717) is 5.92 Å². The molecule has 2 atom stereocenters. The molecule has 0 saturated carbocycles. The quantitative estimate of drug-likeness (QED) is 0.547. The number of aromatic nitrogens is 1. The Hall–Kier alpha value is -1.22. The van der Waals surface area contributed by atoms with Crippen LogP contribution in [0.3, 0.4) is 0 Å². The zero-order valence-corrected chi connectivity index (χ0v) is 19.3. The Morgan fingerprint density at radius 2 is 2.03 bits per heavy atom. The molecule has 168 valence electrons. The minimum Gasteiger partial charge on any atom is -0.375 e. The van der Waals surface area contributed by atoms with Crippen molar-refractivity contribution in [2.24, 2.45) is 10.9 Å². The van der Waals surface area contributed by atoms with Gasteiger partial charge in [-0.05, 0) is 51.1 Å². The third-order valence-corrected chi connectivity index (χ3v) is 7.57. The maximum atomic E-state index is 5.99. The Balaban J connectivity index is 1.19. The van der Waals surface area contributed by atoms with E-state index in [4.69, 9.17) is 14.5 Å². The van der Waals surface area contributed by atoms with E-state index < -0.39 is 0 Å². The Morgan fingerprint density at radius 1 is 1.20 bits per heavy atom. The van der Waals surface area contributed by atoms with E-state index in [1.165, 1.54) is 23.5 Å². The largest absolute Gasteiger partial charge is 0.375 e. The third kappa shape index (κ3) is 5.72. The van der Waals surface area contributed by atoms with Gasteiger partial charge in [0.1, 0.15) is 6.10 Å². The molecule has 8 heteroatoms. The van der Waals surface area contributed by atoms with Crippen LogP contribution in [0.4, 0.5) is 0 Å². The molecule has 0 spiro atoms. The fourth-order valence-electron chi connectivity index (χ4n) is 4.72. The second-order valence-corrected chi connectivity index (χ2v) is 9.58. The van der Waals surface area contributed by atoms with Crippen molar-refractivity contribution >= 4 is 17.3 Å². The number of thiazole rings is 1. The first-order chi connectivity index (χ1) is 14.7. The molecular weight excluding hydrogens is 398 g/mol. The molecule has 0 amide bonds. The number of nitrogens with one attached hydrogen (secondary N) is 1. The van der Waals surface area contributed by atoms with Gasteiger partial charge in [0.25, 0.3) is 0 Å². The summed E-state index contributed by atoms with van der Waals surface area (Å²) in [6.07, 6.45) is 6.19. The van der Waals surface area contributed by atoms with Crippen LogP contribution in [-0.2, 0) is 22.4 Å². The number of hydrogen-bond acceptors (Lipinski definition) is 6. The summed E-state index contributed by atoms with van der Waals surface area (Å²) >= 11 is 1.79. The molecule has 0 radical (unpaired) electrons. The fourth-order valence-corrected chi connectivity index (χ4v) is 5.45. The predicted octanol–water partition coefficient (Wildman–Crippen LogP) is 2.37. The molecule has 30 heavy (non-hydrogen) atoms. The molecule has 0 bridgehead atoms. The van der Waals surface area contributed by atoms with Gasteiger partial charge in [-0.2, -0.15) is 0 Å². The average Bonchev–Trinajstić information content (AvgIpc) is 3.48. The van der Waals surface area contributed by atoms with Crippen LogP contribution in [0.1, 0.15) is 43.3 Å². The highest BCUT2D eigenvalue weighted by Crippen LogP contribution is 2.22. The SMILES string of the molecule is CCc1nc(CN2CCC(CNC(=NC)N3CCOC(C4CCCO4)C3)CC2)cs1. The lowest BCUT2D eigenvalue weighted by Gasteiger charge is -2.38. The van der Waals surface area contributed by atoms with Crippen LogP contribution in [0.2, 0.25) is 0 Å². The third-order valence-electron chi connectivity index (χ3n) is 6.53. The van der Waals surface area contributed by atoms with Crippen molar-refractivity contribution in [1.82, 2.24) is 20.1 Å². The number of nitrogens with zero attached hydrogens (tertiary/aromatic N) is 4. The molecule has 7 nitrogen and oxygen atoms in total. The van der Waals surface area contributed by atoms with E-state index in [9.17, 15) is 0 Å². The van der Waals surface area contributed by atoms with E-state index >= 15 is 0 Å². The molecule has 3 aliphatic heterocycles. The molecule has 4 rings (SSSR count). The first-order valence-electron chi connectivity index (χ1n) is 11.6. The van der Waals surface area contributed by atoms with Crippen molar-refractivity contribution in [2.75, 3.05) is 53.0 Å². The van der Waals surface area contributed by atoms with Gasteiger partial charge in [-0.3, -0.25) is 9.89 Å². The van der Waals surface area contributed by atoms with Gasteiger partial charge in [0.15, 0.2) is 5.96 Å². The van der Waals surface area contributed by atoms with Gasteiger partial charge in [-0.1, -0.05) is 6.92 Å². The van der Waals surface area contributed by atoms with Crippen LogP contribution in [0.15, 0.2) is 10.4 Å². The topological polar surface area (TPSA) is 62.2 Å². The summed E-state index contributed by atoms with van der Waals surface area (Å²) in [5, 5.41) is 7.12. The number of rotatable bonds is 6. The molecular formula is C22H37N5O2S. The number of likely N-dealkylation sites (tertiary alicyclic amines) is 1.